The van der Waals surface area contributed by atoms with Crippen LogP contribution in [0.4, 0.5) is 5.69 Å². The highest BCUT2D eigenvalue weighted by Gasteiger charge is 2.18. The number of nitrogens with two attached hydrogens (primary N) is 2. The maximum Gasteiger partial charge on any atom is 0.271 e. The van der Waals surface area contributed by atoms with E-state index in [-0.39, 0.29) is 11.1 Å². The highest BCUT2D eigenvalue weighted by atomic mass is 16.1. The van der Waals surface area contributed by atoms with Gasteiger partial charge in [0.1, 0.15) is 0 Å². The van der Waals surface area contributed by atoms with E-state index in [2.05, 4.69) is 25.9 Å². The van der Waals surface area contributed by atoms with Gasteiger partial charge in [0.15, 0.2) is 5.69 Å². The van der Waals surface area contributed by atoms with Gasteiger partial charge >= 0.3 is 0 Å². The summed E-state index contributed by atoms with van der Waals surface area (Å²) in [7, 11) is 0. The molecule has 5 nitrogen and oxygen atoms in total. The van der Waals surface area contributed by atoms with Gasteiger partial charge in [-0.15, -0.1) is 0 Å². The van der Waals surface area contributed by atoms with Gasteiger partial charge in [-0.1, -0.05) is 20.8 Å². The van der Waals surface area contributed by atoms with Crippen molar-refractivity contribution >= 4 is 11.6 Å². The molecule has 1 aromatic rings. The first-order valence-corrected chi connectivity index (χ1v) is 4.98. The molecule has 1 heterocycles. The van der Waals surface area contributed by atoms with Gasteiger partial charge in [0.05, 0.1) is 5.69 Å². The standard InChI is InChI=1S/C10H18N4O/c1-4-10(2,3)6-14-5-7(11)8(13-14)9(12)15/h5H,4,6,11H2,1-3H3,(H2,12,15). The van der Waals surface area contributed by atoms with Crippen LogP contribution in [0.15, 0.2) is 6.20 Å². The topological polar surface area (TPSA) is 86.9 Å². The van der Waals surface area contributed by atoms with E-state index in [0.29, 0.717) is 5.69 Å². The summed E-state index contributed by atoms with van der Waals surface area (Å²) in [5.74, 6) is -0.583. The fourth-order valence-electron chi connectivity index (χ4n) is 1.26. The lowest BCUT2D eigenvalue weighted by atomic mass is 9.90. The Morgan fingerprint density at radius 2 is 2.20 bits per heavy atom. The van der Waals surface area contributed by atoms with Crippen LogP contribution in [0.3, 0.4) is 0 Å². The number of nitrogen functional groups attached to an aromatic ring is 1. The Morgan fingerprint density at radius 3 is 2.60 bits per heavy atom. The lowest BCUT2D eigenvalue weighted by Crippen LogP contribution is -2.20. The van der Waals surface area contributed by atoms with E-state index in [9.17, 15) is 4.79 Å². The van der Waals surface area contributed by atoms with E-state index < -0.39 is 5.91 Å². The highest BCUT2D eigenvalue weighted by molar-refractivity contribution is 5.95. The Labute approximate surface area is 89.4 Å². The molecule has 0 atom stereocenters. The van der Waals surface area contributed by atoms with Crippen molar-refractivity contribution in [2.75, 3.05) is 5.73 Å². The number of aromatic nitrogens is 2. The van der Waals surface area contributed by atoms with Crippen molar-refractivity contribution in [1.29, 1.82) is 0 Å². The SMILES string of the molecule is CCC(C)(C)Cn1cc(N)c(C(N)=O)n1. The third-order valence-corrected chi connectivity index (χ3v) is 2.57. The van der Waals surface area contributed by atoms with Crippen molar-refractivity contribution in [3.8, 4) is 0 Å². The predicted molar refractivity (Wildman–Crippen MR) is 59.2 cm³/mol. The monoisotopic (exact) mass is 210 g/mol. The Morgan fingerprint density at radius 1 is 1.60 bits per heavy atom. The van der Waals surface area contributed by atoms with Crippen LogP contribution in [0.1, 0.15) is 37.7 Å². The number of carbonyl (C=O) groups excluding carboxylic acids is 1. The molecule has 1 rings (SSSR count). The number of primary amides is 1. The molecule has 0 saturated carbocycles. The Hall–Kier alpha value is -1.52. The van der Waals surface area contributed by atoms with Gasteiger partial charge in [0.2, 0.25) is 0 Å². The van der Waals surface area contributed by atoms with E-state index in [1.807, 2.05) is 0 Å². The maximum atomic E-state index is 10.9. The quantitative estimate of drug-likeness (QED) is 0.777. The molecule has 0 spiro atoms. The number of anilines is 1. The zero-order chi connectivity index (χ0) is 11.6. The molecule has 5 heteroatoms. The van der Waals surface area contributed by atoms with Gasteiger partial charge in [-0.05, 0) is 11.8 Å². The third-order valence-electron chi connectivity index (χ3n) is 2.57. The minimum atomic E-state index is -0.583. The molecule has 0 fully saturated rings. The second-order valence-corrected chi connectivity index (χ2v) is 4.51. The first-order valence-electron chi connectivity index (χ1n) is 4.98. The van der Waals surface area contributed by atoms with Crippen molar-refractivity contribution in [2.45, 2.75) is 33.7 Å². The lowest BCUT2D eigenvalue weighted by Gasteiger charge is -2.21. The number of carbonyl (C=O) groups is 1. The highest BCUT2D eigenvalue weighted by Crippen LogP contribution is 2.22. The van der Waals surface area contributed by atoms with E-state index in [1.165, 1.54) is 0 Å². The van der Waals surface area contributed by atoms with Crippen molar-refractivity contribution in [3.05, 3.63) is 11.9 Å². The fraction of sp³-hybridized carbons (Fsp3) is 0.600. The van der Waals surface area contributed by atoms with Crippen LogP contribution in [0.2, 0.25) is 0 Å². The summed E-state index contributed by atoms with van der Waals surface area (Å²) in [6.07, 6.45) is 2.68. The number of rotatable bonds is 4. The van der Waals surface area contributed by atoms with E-state index >= 15 is 0 Å². The lowest BCUT2D eigenvalue weighted by molar-refractivity contribution is 0.0995. The summed E-state index contributed by atoms with van der Waals surface area (Å²) in [6.45, 7) is 7.10. The number of nitrogens with zero attached hydrogens (tertiary/aromatic N) is 2. The molecule has 84 valence electrons. The van der Waals surface area contributed by atoms with E-state index in [1.54, 1.807) is 10.9 Å². The van der Waals surface area contributed by atoms with Crippen LogP contribution in [0.25, 0.3) is 0 Å². The zero-order valence-corrected chi connectivity index (χ0v) is 9.45. The Balaban J connectivity index is 2.89. The first-order chi connectivity index (χ1) is 6.85. The summed E-state index contributed by atoms with van der Waals surface area (Å²) in [5, 5.41) is 4.06. The zero-order valence-electron chi connectivity index (χ0n) is 9.45. The second kappa shape index (κ2) is 3.92. The number of hydrogen-bond acceptors (Lipinski definition) is 3. The fourth-order valence-corrected chi connectivity index (χ4v) is 1.26. The molecule has 4 N–H and O–H groups in total. The Bertz CT molecular complexity index is 367. The van der Waals surface area contributed by atoms with Crippen molar-refractivity contribution in [1.82, 2.24) is 9.78 Å². The molecule has 1 aromatic heterocycles. The predicted octanol–water partition coefficient (Wildman–Crippen LogP) is 1.00. The molecule has 0 unspecified atom stereocenters. The summed E-state index contributed by atoms with van der Waals surface area (Å²) in [5.41, 5.74) is 11.4. The average Bonchev–Trinajstić information content (AvgIpc) is 2.46. The van der Waals surface area contributed by atoms with Gasteiger partial charge in [-0.2, -0.15) is 5.10 Å². The maximum absolute atomic E-state index is 10.9. The third kappa shape index (κ3) is 2.71. The molecule has 0 aliphatic carbocycles. The van der Waals surface area contributed by atoms with Crippen molar-refractivity contribution < 1.29 is 4.79 Å². The molecule has 0 radical (unpaired) electrons. The molecule has 0 aliphatic heterocycles. The molecular weight excluding hydrogens is 192 g/mol. The molecule has 1 amide bonds. The van der Waals surface area contributed by atoms with Crippen LogP contribution in [-0.2, 0) is 6.54 Å². The van der Waals surface area contributed by atoms with Crippen molar-refractivity contribution in [2.24, 2.45) is 11.1 Å². The van der Waals surface area contributed by atoms with Gasteiger partial charge in [0.25, 0.3) is 5.91 Å². The van der Waals surface area contributed by atoms with E-state index in [0.717, 1.165) is 13.0 Å². The normalized spacial score (nSPS) is 11.7. The summed E-state index contributed by atoms with van der Waals surface area (Å²) >= 11 is 0. The molecule has 0 aromatic carbocycles. The van der Waals surface area contributed by atoms with Gasteiger partial charge in [-0.3, -0.25) is 9.48 Å². The van der Waals surface area contributed by atoms with Crippen LogP contribution in [-0.4, -0.2) is 15.7 Å². The number of hydrogen-bond donors (Lipinski definition) is 2. The van der Waals surface area contributed by atoms with Crippen LogP contribution >= 0.6 is 0 Å². The second-order valence-electron chi connectivity index (χ2n) is 4.51. The molecule has 0 bridgehead atoms. The van der Waals surface area contributed by atoms with E-state index in [4.69, 9.17) is 11.5 Å². The van der Waals surface area contributed by atoms with Crippen LogP contribution < -0.4 is 11.5 Å². The molecule has 15 heavy (non-hydrogen) atoms. The number of amides is 1. The van der Waals surface area contributed by atoms with Gasteiger partial charge in [0, 0.05) is 12.7 Å². The minimum Gasteiger partial charge on any atom is -0.396 e. The van der Waals surface area contributed by atoms with Crippen LogP contribution in [0, 0.1) is 5.41 Å². The summed E-state index contributed by atoms with van der Waals surface area (Å²) in [6, 6.07) is 0. The Kier molecular flexibility index (Phi) is 3.02. The van der Waals surface area contributed by atoms with Crippen LogP contribution in [0.5, 0.6) is 0 Å². The van der Waals surface area contributed by atoms with Crippen molar-refractivity contribution in [3.63, 3.8) is 0 Å². The molecular formula is C10H18N4O. The minimum absolute atomic E-state index is 0.132. The summed E-state index contributed by atoms with van der Waals surface area (Å²) < 4.78 is 1.68. The first kappa shape index (κ1) is 11.6. The molecule has 0 aliphatic rings. The average molecular weight is 210 g/mol. The largest absolute Gasteiger partial charge is 0.396 e. The molecule has 0 saturated heterocycles. The smallest absolute Gasteiger partial charge is 0.271 e. The van der Waals surface area contributed by atoms with Gasteiger partial charge in [-0.25, -0.2) is 0 Å². The van der Waals surface area contributed by atoms with Gasteiger partial charge < -0.3 is 11.5 Å². The summed E-state index contributed by atoms with van der Waals surface area (Å²) in [4.78, 5) is 10.9.